The quantitative estimate of drug-likeness (QED) is 0.556. The maximum absolute atomic E-state index is 10.0. The van der Waals surface area contributed by atoms with Gasteiger partial charge in [-0.05, 0) is 12.8 Å². The molecule has 1 heterocycles. The van der Waals surface area contributed by atoms with E-state index >= 15 is 0 Å². The van der Waals surface area contributed by atoms with Gasteiger partial charge in [-0.25, -0.2) is 0 Å². The van der Waals surface area contributed by atoms with Crippen LogP contribution in [0.1, 0.15) is 25.7 Å². The van der Waals surface area contributed by atoms with Gasteiger partial charge in [-0.1, -0.05) is 0 Å². The van der Waals surface area contributed by atoms with Gasteiger partial charge in [0, 0.05) is 12.8 Å². The van der Waals surface area contributed by atoms with Crippen molar-refractivity contribution in [1.29, 1.82) is 0 Å². The van der Waals surface area contributed by atoms with Gasteiger partial charge >= 0.3 is 0 Å². The summed E-state index contributed by atoms with van der Waals surface area (Å²) in [6.07, 6.45) is 4.17. The zero-order valence-electron chi connectivity index (χ0n) is 6.41. The molecule has 0 radical (unpaired) electrons. The van der Waals surface area contributed by atoms with Crippen LogP contribution in [0.5, 0.6) is 0 Å². The molecular weight excluding hydrogens is 144 g/mol. The molecule has 1 spiro atoms. The van der Waals surface area contributed by atoms with Crippen molar-refractivity contribution in [3.63, 3.8) is 0 Å². The molecule has 62 valence electrons. The fourth-order valence-corrected chi connectivity index (χ4v) is 1.67. The smallest absolute Gasteiger partial charge is 0.293 e. The van der Waals surface area contributed by atoms with Crippen molar-refractivity contribution >= 4 is 6.47 Å². The highest BCUT2D eigenvalue weighted by Crippen LogP contribution is 2.46. The van der Waals surface area contributed by atoms with Crippen LogP contribution in [0, 0.1) is 0 Å². The summed E-state index contributed by atoms with van der Waals surface area (Å²) in [5, 5.41) is 0. The first-order valence-corrected chi connectivity index (χ1v) is 4.08. The van der Waals surface area contributed by atoms with E-state index in [1.54, 1.807) is 0 Å². The second-order valence-corrected chi connectivity index (χ2v) is 3.38. The number of carbonyl (C=O) groups is 1. The summed E-state index contributed by atoms with van der Waals surface area (Å²) in [5.74, 6) is 0. The normalized spacial score (nSPS) is 33.3. The van der Waals surface area contributed by atoms with Crippen molar-refractivity contribution in [2.45, 2.75) is 37.4 Å². The average Bonchev–Trinajstić information content (AvgIpc) is 2.70. The molecule has 1 unspecified atom stereocenters. The summed E-state index contributed by atoms with van der Waals surface area (Å²) < 4.78 is 10.5. The molecular formula is C8H12O3. The number of ether oxygens (including phenoxy) is 2. The molecule has 0 aromatic heterocycles. The first-order chi connectivity index (χ1) is 5.35. The summed E-state index contributed by atoms with van der Waals surface area (Å²) in [6.45, 7) is 1.30. The average molecular weight is 156 g/mol. The molecule has 0 bridgehead atoms. The maximum Gasteiger partial charge on any atom is 0.293 e. The highest BCUT2D eigenvalue weighted by Gasteiger charge is 2.48. The lowest BCUT2D eigenvalue weighted by molar-refractivity contribution is -0.142. The predicted molar refractivity (Wildman–Crippen MR) is 38.1 cm³/mol. The van der Waals surface area contributed by atoms with E-state index in [-0.39, 0.29) is 11.7 Å². The minimum Gasteiger partial charge on any atom is -0.464 e. The monoisotopic (exact) mass is 156 g/mol. The number of rotatable bonds is 2. The molecule has 11 heavy (non-hydrogen) atoms. The van der Waals surface area contributed by atoms with Crippen molar-refractivity contribution in [3.05, 3.63) is 0 Å². The highest BCUT2D eigenvalue weighted by molar-refractivity contribution is 5.37. The Labute approximate surface area is 65.7 Å². The lowest BCUT2D eigenvalue weighted by Gasteiger charge is -2.28. The van der Waals surface area contributed by atoms with Crippen molar-refractivity contribution in [2.24, 2.45) is 0 Å². The zero-order valence-corrected chi connectivity index (χ0v) is 6.41. The van der Waals surface area contributed by atoms with E-state index in [1.807, 2.05) is 0 Å². The molecule has 3 heteroatoms. The largest absolute Gasteiger partial charge is 0.464 e. The van der Waals surface area contributed by atoms with Crippen LogP contribution in [0.25, 0.3) is 0 Å². The highest BCUT2D eigenvalue weighted by atomic mass is 16.5. The molecule has 0 aromatic carbocycles. The molecule has 1 saturated heterocycles. The predicted octanol–water partition coefficient (Wildman–Crippen LogP) is 0.871. The molecule has 3 nitrogen and oxygen atoms in total. The lowest BCUT2D eigenvalue weighted by Crippen LogP contribution is -2.31. The summed E-state index contributed by atoms with van der Waals surface area (Å²) >= 11 is 0. The van der Waals surface area contributed by atoms with Crippen LogP contribution in [-0.4, -0.2) is 24.8 Å². The topological polar surface area (TPSA) is 35.5 Å². The van der Waals surface area contributed by atoms with Crippen LogP contribution < -0.4 is 0 Å². The van der Waals surface area contributed by atoms with Gasteiger partial charge in [-0.2, -0.15) is 0 Å². The van der Waals surface area contributed by atoms with Crippen molar-refractivity contribution in [2.75, 3.05) is 6.61 Å². The molecule has 1 aliphatic heterocycles. The molecule has 1 aliphatic carbocycles. The molecule has 0 N–H and O–H groups in total. The van der Waals surface area contributed by atoms with Crippen molar-refractivity contribution < 1.29 is 14.3 Å². The van der Waals surface area contributed by atoms with Crippen LogP contribution in [0.4, 0.5) is 0 Å². The summed E-state index contributed by atoms with van der Waals surface area (Å²) in [6, 6.07) is 0. The van der Waals surface area contributed by atoms with Crippen LogP contribution >= 0.6 is 0 Å². The Morgan fingerprint density at radius 2 is 2.36 bits per heavy atom. The van der Waals surface area contributed by atoms with Gasteiger partial charge < -0.3 is 9.47 Å². The van der Waals surface area contributed by atoms with E-state index in [0.29, 0.717) is 6.47 Å². The van der Waals surface area contributed by atoms with Gasteiger partial charge in [0.15, 0.2) is 0 Å². The second kappa shape index (κ2) is 2.48. The van der Waals surface area contributed by atoms with Gasteiger partial charge in [-0.15, -0.1) is 0 Å². The molecule has 0 aromatic rings. The minimum atomic E-state index is 0.115. The molecule has 1 saturated carbocycles. The SMILES string of the molecule is O=COC1CCOC2(CC2)C1. The van der Waals surface area contributed by atoms with Crippen LogP contribution in [0.3, 0.4) is 0 Å². The zero-order chi connectivity index (χ0) is 7.73. The molecule has 2 rings (SSSR count). The third kappa shape index (κ3) is 1.38. The van der Waals surface area contributed by atoms with Crippen LogP contribution in [0.2, 0.25) is 0 Å². The van der Waals surface area contributed by atoms with Crippen molar-refractivity contribution in [3.8, 4) is 0 Å². The van der Waals surface area contributed by atoms with Gasteiger partial charge in [0.1, 0.15) is 6.10 Å². The minimum absolute atomic E-state index is 0.115. The Morgan fingerprint density at radius 3 is 3.00 bits per heavy atom. The third-order valence-corrected chi connectivity index (χ3v) is 2.50. The Balaban J connectivity index is 1.88. The van der Waals surface area contributed by atoms with Crippen LogP contribution in [0.15, 0.2) is 0 Å². The summed E-state index contributed by atoms with van der Waals surface area (Å²) in [7, 11) is 0. The van der Waals surface area contributed by atoms with E-state index in [2.05, 4.69) is 0 Å². The fraction of sp³-hybridized carbons (Fsp3) is 0.875. The first-order valence-electron chi connectivity index (χ1n) is 4.08. The Hall–Kier alpha value is -0.570. The fourth-order valence-electron chi connectivity index (χ4n) is 1.67. The van der Waals surface area contributed by atoms with E-state index in [9.17, 15) is 4.79 Å². The Bertz CT molecular complexity index is 163. The summed E-state index contributed by atoms with van der Waals surface area (Å²) in [4.78, 5) is 10.0. The molecule has 1 atom stereocenters. The summed E-state index contributed by atoms with van der Waals surface area (Å²) in [5.41, 5.74) is 0.117. The van der Waals surface area contributed by atoms with E-state index in [0.717, 1.165) is 32.3 Å². The van der Waals surface area contributed by atoms with Crippen LogP contribution in [-0.2, 0) is 14.3 Å². The third-order valence-electron chi connectivity index (χ3n) is 2.50. The van der Waals surface area contributed by atoms with Crippen molar-refractivity contribution in [1.82, 2.24) is 0 Å². The number of carbonyl (C=O) groups excluding carboxylic acids is 1. The van der Waals surface area contributed by atoms with Gasteiger partial charge in [-0.3, -0.25) is 4.79 Å². The molecule has 0 amide bonds. The van der Waals surface area contributed by atoms with E-state index < -0.39 is 0 Å². The van der Waals surface area contributed by atoms with Gasteiger partial charge in [0.25, 0.3) is 6.47 Å². The second-order valence-electron chi connectivity index (χ2n) is 3.38. The van der Waals surface area contributed by atoms with Gasteiger partial charge in [0.05, 0.1) is 12.2 Å². The van der Waals surface area contributed by atoms with E-state index in [1.165, 1.54) is 0 Å². The number of hydrogen-bond acceptors (Lipinski definition) is 3. The maximum atomic E-state index is 10.0. The Kier molecular flexibility index (Phi) is 1.60. The molecule has 2 aliphatic rings. The van der Waals surface area contributed by atoms with Gasteiger partial charge in [0.2, 0.25) is 0 Å². The van der Waals surface area contributed by atoms with E-state index in [4.69, 9.17) is 9.47 Å². The molecule has 2 fully saturated rings. The lowest BCUT2D eigenvalue weighted by atomic mass is 10.0. The Morgan fingerprint density at radius 1 is 1.55 bits per heavy atom. The standard InChI is InChI=1S/C8H12O3/c9-6-10-7-1-4-11-8(5-7)2-3-8/h6-7H,1-5H2. The number of hydrogen-bond donors (Lipinski definition) is 0. The first kappa shape index (κ1) is 7.10.